The fourth-order valence-electron chi connectivity index (χ4n) is 1.85. The molecule has 0 fully saturated rings. The molecule has 1 unspecified atom stereocenters. The van der Waals surface area contributed by atoms with Gasteiger partial charge in [0.25, 0.3) is 0 Å². The van der Waals surface area contributed by atoms with E-state index in [1.807, 2.05) is 4.90 Å². The molecule has 2 rings (SSSR count). The summed E-state index contributed by atoms with van der Waals surface area (Å²) in [7, 11) is 0. The van der Waals surface area contributed by atoms with Crippen LogP contribution in [0.15, 0.2) is 18.2 Å². The molecular formula is C10H12FNO2S. The van der Waals surface area contributed by atoms with Gasteiger partial charge in [-0.2, -0.15) is 0 Å². The van der Waals surface area contributed by atoms with Gasteiger partial charge >= 0.3 is 0 Å². The van der Waals surface area contributed by atoms with Crippen LogP contribution in [0.1, 0.15) is 11.1 Å². The summed E-state index contributed by atoms with van der Waals surface area (Å²) in [4.78, 5) is 1.86. The maximum absolute atomic E-state index is 13.0. The highest BCUT2D eigenvalue weighted by Crippen LogP contribution is 2.19. The Bertz CT molecular complexity index is 397. The highest BCUT2D eigenvalue weighted by Gasteiger charge is 2.17. The van der Waals surface area contributed by atoms with E-state index in [1.165, 1.54) is 12.1 Å². The number of rotatable bonds is 2. The van der Waals surface area contributed by atoms with Crippen molar-refractivity contribution in [3.8, 4) is 0 Å². The van der Waals surface area contributed by atoms with Crippen LogP contribution in [0.2, 0.25) is 0 Å². The lowest BCUT2D eigenvalue weighted by atomic mass is 10.0. The third kappa shape index (κ3) is 2.62. The lowest BCUT2D eigenvalue weighted by Gasteiger charge is -2.27. The Balaban J connectivity index is 2.14. The van der Waals surface area contributed by atoms with E-state index in [0.717, 1.165) is 24.1 Å². The molecule has 1 aromatic rings. The number of halogens is 1. The predicted octanol–water partition coefficient (Wildman–Crippen LogP) is 1.36. The molecule has 15 heavy (non-hydrogen) atoms. The molecule has 82 valence electrons. The Kier molecular flexibility index (Phi) is 3.14. The molecule has 0 saturated carbocycles. The van der Waals surface area contributed by atoms with Crippen molar-refractivity contribution >= 4 is 11.1 Å². The van der Waals surface area contributed by atoms with Gasteiger partial charge in [-0.25, -0.2) is 8.60 Å². The molecule has 1 heterocycles. The largest absolute Gasteiger partial charge is 0.305 e. The fourth-order valence-corrected chi connectivity index (χ4v) is 2.38. The van der Waals surface area contributed by atoms with Crippen molar-refractivity contribution in [2.24, 2.45) is 0 Å². The van der Waals surface area contributed by atoms with E-state index >= 15 is 0 Å². The number of fused-ring (bicyclic) bond motifs is 1. The molecule has 0 amide bonds. The number of benzene rings is 1. The molecule has 0 aromatic heterocycles. The van der Waals surface area contributed by atoms with Gasteiger partial charge in [-0.15, -0.1) is 0 Å². The van der Waals surface area contributed by atoms with Gasteiger partial charge in [-0.1, -0.05) is 6.07 Å². The summed E-state index contributed by atoms with van der Waals surface area (Å²) >= 11 is -1.81. The number of hydrogen-bond donors (Lipinski definition) is 1. The van der Waals surface area contributed by atoms with Crippen LogP contribution < -0.4 is 0 Å². The van der Waals surface area contributed by atoms with E-state index in [0.29, 0.717) is 6.54 Å². The summed E-state index contributed by atoms with van der Waals surface area (Å²) in [5.74, 6) is -0.114. The maximum atomic E-state index is 13.0. The first kappa shape index (κ1) is 10.7. The summed E-state index contributed by atoms with van der Waals surface area (Å²) in [6, 6.07) is 4.75. The summed E-state index contributed by atoms with van der Waals surface area (Å²) in [6.07, 6.45) is 0.812. The maximum Gasteiger partial charge on any atom is 0.167 e. The van der Waals surface area contributed by atoms with Crippen LogP contribution in [0.25, 0.3) is 0 Å². The summed E-state index contributed by atoms with van der Waals surface area (Å²) in [5.41, 5.74) is 2.06. The first-order valence-corrected chi connectivity index (χ1v) is 6.00. The minimum atomic E-state index is -1.81. The van der Waals surface area contributed by atoms with Gasteiger partial charge < -0.3 is 4.55 Å². The first-order chi connectivity index (χ1) is 7.15. The lowest BCUT2D eigenvalue weighted by Crippen LogP contribution is -2.33. The van der Waals surface area contributed by atoms with Crippen LogP contribution in [0.3, 0.4) is 0 Å². The van der Waals surface area contributed by atoms with Crippen LogP contribution in [-0.2, 0) is 24.0 Å². The predicted molar refractivity (Wildman–Crippen MR) is 56.2 cm³/mol. The van der Waals surface area contributed by atoms with Gasteiger partial charge in [0, 0.05) is 13.1 Å². The van der Waals surface area contributed by atoms with Gasteiger partial charge in [0.05, 0.1) is 0 Å². The van der Waals surface area contributed by atoms with Gasteiger partial charge in [-0.3, -0.25) is 4.90 Å². The molecular weight excluding hydrogens is 217 g/mol. The van der Waals surface area contributed by atoms with E-state index < -0.39 is 11.1 Å². The summed E-state index contributed by atoms with van der Waals surface area (Å²) in [5, 5.41) is 0. The molecule has 1 aliphatic heterocycles. The average Bonchev–Trinajstić information content (AvgIpc) is 2.16. The van der Waals surface area contributed by atoms with E-state index in [1.54, 1.807) is 6.07 Å². The second kappa shape index (κ2) is 4.38. The Morgan fingerprint density at radius 2 is 2.27 bits per heavy atom. The third-order valence-corrected chi connectivity index (χ3v) is 3.14. The normalized spacial score (nSPS) is 18.5. The van der Waals surface area contributed by atoms with E-state index in [2.05, 4.69) is 0 Å². The molecule has 0 aliphatic carbocycles. The zero-order valence-electron chi connectivity index (χ0n) is 8.15. The van der Waals surface area contributed by atoms with Crippen molar-refractivity contribution in [1.29, 1.82) is 0 Å². The van der Waals surface area contributed by atoms with E-state index in [4.69, 9.17) is 4.55 Å². The Morgan fingerprint density at radius 1 is 1.47 bits per heavy atom. The van der Waals surface area contributed by atoms with Gasteiger partial charge in [-0.05, 0) is 29.7 Å². The van der Waals surface area contributed by atoms with Crippen LogP contribution >= 0.6 is 0 Å². The zero-order valence-corrected chi connectivity index (χ0v) is 8.97. The molecule has 1 aromatic carbocycles. The molecule has 0 spiro atoms. The van der Waals surface area contributed by atoms with Crippen molar-refractivity contribution in [1.82, 2.24) is 4.90 Å². The van der Waals surface area contributed by atoms with Crippen molar-refractivity contribution in [3.05, 3.63) is 35.1 Å². The smallest absolute Gasteiger partial charge is 0.167 e. The average molecular weight is 229 g/mol. The molecule has 1 aliphatic rings. The van der Waals surface area contributed by atoms with Gasteiger partial charge in [0.15, 0.2) is 11.1 Å². The molecule has 5 heteroatoms. The molecule has 3 nitrogen and oxygen atoms in total. The molecule has 1 atom stereocenters. The highest BCUT2D eigenvalue weighted by molar-refractivity contribution is 7.79. The topological polar surface area (TPSA) is 40.5 Å². The SMILES string of the molecule is O=S(O)CN1CCc2ccc(F)cc2C1. The van der Waals surface area contributed by atoms with Crippen molar-refractivity contribution in [2.45, 2.75) is 13.0 Å². The standard InChI is InChI=1S/C10H12FNO2S/c11-10-2-1-8-3-4-12(7-15(13)14)6-9(8)5-10/h1-2,5H,3-4,6-7H2,(H,13,14). The third-order valence-electron chi connectivity index (χ3n) is 2.55. The number of nitrogens with zero attached hydrogens (tertiary/aromatic N) is 1. The quantitative estimate of drug-likeness (QED) is 0.778. The van der Waals surface area contributed by atoms with Crippen LogP contribution in [0, 0.1) is 5.82 Å². The Morgan fingerprint density at radius 3 is 3.00 bits per heavy atom. The van der Waals surface area contributed by atoms with Crippen molar-refractivity contribution < 1.29 is 13.2 Å². The van der Waals surface area contributed by atoms with Crippen molar-refractivity contribution in [2.75, 3.05) is 12.4 Å². The van der Waals surface area contributed by atoms with E-state index in [-0.39, 0.29) is 11.7 Å². The Labute approximate surface area is 90.2 Å². The molecule has 0 radical (unpaired) electrons. The van der Waals surface area contributed by atoms with Crippen LogP contribution in [-0.4, -0.2) is 26.1 Å². The molecule has 0 saturated heterocycles. The van der Waals surface area contributed by atoms with E-state index in [9.17, 15) is 8.60 Å². The summed E-state index contributed by atoms with van der Waals surface area (Å²) < 4.78 is 32.4. The first-order valence-electron chi connectivity index (χ1n) is 4.72. The zero-order chi connectivity index (χ0) is 10.8. The van der Waals surface area contributed by atoms with Gasteiger partial charge in [0.2, 0.25) is 0 Å². The summed E-state index contributed by atoms with van der Waals surface area (Å²) in [6.45, 7) is 1.31. The van der Waals surface area contributed by atoms with Crippen LogP contribution in [0.4, 0.5) is 4.39 Å². The van der Waals surface area contributed by atoms with Crippen LogP contribution in [0.5, 0.6) is 0 Å². The highest BCUT2D eigenvalue weighted by atomic mass is 32.2. The van der Waals surface area contributed by atoms with Gasteiger partial charge in [0.1, 0.15) is 11.7 Å². The second-order valence-electron chi connectivity index (χ2n) is 3.67. The second-order valence-corrected chi connectivity index (χ2v) is 4.57. The fraction of sp³-hybridized carbons (Fsp3) is 0.400. The minimum Gasteiger partial charge on any atom is -0.305 e. The molecule has 0 bridgehead atoms. The number of hydrogen-bond acceptors (Lipinski definition) is 2. The van der Waals surface area contributed by atoms with Crippen molar-refractivity contribution in [3.63, 3.8) is 0 Å². The Hall–Kier alpha value is -0.780. The monoisotopic (exact) mass is 229 g/mol. The molecule has 1 N–H and O–H groups in total. The lowest BCUT2D eigenvalue weighted by molar-refractivity contribution is 0.290. The minimum absolute atomic E-state index is 0.135.